The van der Waals surface area contributed by atoms with E-state index in [0.29, 0.717) is 13.2 Å². The van der Waals surface area contributed by atoms with Gasteiger partial charge in [0.1, 0.15) is 11.9 Å². The zero-order valence-corrected chi connectivity index (χ0v) is 16.1. The molecule has 27 heavy (non-hydrogen) atoms. The van der Waals surface area contributed by atoms with Crippen LogP contribution in [0.4, 0.5) is 5.82 Å². The van der Waals surface area contributed by atoms with E-state index in [1.165, 1.54) is 6.42 Å². The number of aromatic nitrogens is 1. The lowest BCUT2D eigenvalue weighted by Crippen LogP contribution is -2.39. The third-order valence-corrected chi connectivity index (χ3v) is 5.52. The first-order valence-corrected chi connectivity index (χ1v) is 9.96. The van der Waals surface area contributed by atoms with Crippen LogP contribution in [0.3, 0.4) is 0 Å². The Bertz CT molecular complexity index is 790. The Balaban J connectivity index is 1.49. The smallest absolute Gasteiger partial charge is 0.254 e. The number of piperidine rings is 1. The van der Waals surface area contributed by atoms with Gasteiger partial charge in [0, 0.05) is 43.0 Å². The van der Waals surface area contributed by atoms with E-state index in [-0.39, 0.29) is 12.0 Å². The summed E-state index contributed by atoms with van der Waals surface area (Å²) in [4.78, 5) is 21.5. The summed E-state index contributed by atoms with van der Waals surface area (Å²) >= 11 is 5.99. The van der Waals surface area contributed by atoms with Gasteiger partial charge in [0.25, 0.3) is 5.91 Å². The fourth-order valence-corrected chi connectivity index (χ4v) is 3.87. The number of hydrogen-bond donors (Lipinski definition) is 0. The van der Waals surface area contributed by atoms with Crippen molar-refractivity contribution in [3.05, 3.63) is 58.7 Å². The average molecular weight is 386 g/mol. The maximum Gasteiger partial charge on any atom is 0.254 e. The molecule has 6 heteroatoms. The SMILES string of the molecule is O=C(c1ccnc(N2CCO[C@H](c3ccc(Cl)cc3)C2)c1)N1CCCCC1. The molecular formula is C21H24ClN3O2. The second-order valence-electron chi connectivity index (χ2n) is 7.11. The molecule has 0 spiro atoms. The van der Waals surface area contributed by atoms with Crippen LogP contribution in [0.25, 0.3) is 0 Å². The van der Waals surface area contributed by atoms with Crippen molar-refractivity contribution in [2.75, 3.05) is 37.7 Å². The Labute approximate surface area is 164 Å². The van der Waals surface area contributed by atoms with Crippen LogP contribution in [0, 0.1) is 0 Å². The van der Waals surface area contributed by atoms with E-state index in [1.54, 1.807) is 6.20 Å². The number of rotatable bonds is 3. The summed E-state index contributed by atoms with van der Waals surface area (Å²) < 4.78 is 5.94. The van der Waals surface area contributed by atoms with E-state index in [4.69, 9.17) is 16.3 Å². The van der Waals surface area contributed by atoms with Crippen molar-refractivity contribution in [2.45, 2.75) is 25.4 Å². The number of anilines is 1. The normalized spacial score (nSPS) is 20.6. The van der Waals surface area contributed by atoms with E-state index < -0.39 is 0 Å². The predicted octanol–water partition coefficient (Wildman–Crippen LogP) is 3.94. The van der Waals surface area contributed by atoms with Crippen LogP contribution in [0.1, 0.15) is 41.3 Å². The molecule has 4 rings (SSSR count). The molecule has 0 aliphatic carbocycles. The highest BCUT2D eigenvalue weighted by Gasteiger charge is 2.24. The zero-order chi connectivity index (χ0) is 18.6. The van der Waals surface area contributed by atoms with Crippen molar-refractivity contribution in [3.63, 3.8) is 0 Å². The Morgan fingerprint density at radius 2 is 1.85 bits per heavy atom. The van der Waals surface area contributed by atoms with E-state index in [1.807, 2.05) is 41.3 Å². The number of likely N-dealkylation sites (tertiary alicyclic amines) is 1. The first kappa shape index (κ1) is 18.3. The molecule has 1 aromatic carbocycles. The molecule has 0 radical (unpaired) electrons. The number of nitrogens with zero attached hydrogens (tertiary/aromatic N) is 3. The number of ether oxygens (including phenoxy) is 1. The van der Waals surface area contributed by atoms with Gasteiger partial charge in [-0.05, 0) is 49.1 Å². The molecule has 1 amide bonds. The van der Waals surface area contributed by atoms with Crippen molar-refractivity contribution in [3.8, 4) is 0 Å². The third-order valence-electron chi connectivity index (χ3n) is 5.27. The van der Waals surface area contributed by atoms with Crippen LogP contribution in [0.2, 0.25) is 5.02 Å². The standard InChI is InChI=1S/C21H24ClN3O2/c22-18-6-4-16(5-7-18)19-15-25(12-13-27-19)20-14-17(8-9-23-20)21(26)24-10-2-1-3-11-24/h4-9,14,19H,1-3,10-13,15H2/t19-/m0/s1. The molecule has 2 aromatic rings. The number of morpholine rings is 1. The van der Waals surface area contributed by atoms with Gasteiger partial charge in [-0.1, -0.05) is 23.7 Å². The van der Waals surface area contributed by atoms with E-state index in [0.717, 1.165) is 54.4 Å². The number of carbonyl (C=O) groups is 1. The molecule has 0 unspecified atom stereocenters. The van der Waals surface area contributed by atoms with Gasteiger partial charge >= 0.3 is 0 Å². The van der Waals surface area contributed by atoms with Crippen molar-refractivity contribution in [1.29, 1.82) is 0 Å². The van der Waals surface area contributed by atoms with Gasteiger partial charge in [-0.2, -0.15) is 0 Å². The molecule has 1 aromatic heterocycles. The van der Waals surface area contributed by atoms with E-state index in [2.05, 4.69) is 9.88 Å². The molecule has 2 aliphatic heterocycles. The number of halogens is 1. The number of carbonyl (C=O) groups excluding carboxylic acids is 1. The quantitative estimate of drug-likeness (QED) is 0.802. The fraction of sp³-hybridized carbons (Fsp3) is 0.429. The highest BCUT2D eigenvalue weighted by atomic mass is 35.5. The lowest BCUT2D eigenvalue weighted by molar-refractivity contribution is 0.0395. The van der Waals surface area contributed by atoms with Gasteiger partial charge < -0.3 is 14.5 Å². The molecule has 2 aliphatic rings. The van der Waals surface area contributed by atoms with Crippen LogP contribution in [-0.2, 0) is 4.74 Å². The van der Waals surface area contributed by atoms with Crippen molar-refractivity contribution in [1.82, 2.24) is 9.88 Å². The molecule has 2 saturated heterocycles. The lowest BCUT2D eigenvalue weighted by Gasteiger charge is -2.34. The molecule has 0 N–H and O–H groups in total. The first-order chi connectivity index (χ1) is 13.2. The summed E-state index contributed by atoms with van der Waals surface area (Å²) in [5.74, 6) is 0.945. The highest BCUT2D eigenvalue weighted by Crippen LogP contribution is 2.27. The summed E-state index contributed by atoms with van der Waals surface area (Å²) in [6.07, 6.45) is 5.11. The Kier molecular flexibility index (Phi) is 5.60. The minimum atomic E-state index is -0.0285. The van der Waals surface area contributed by atoms with Gasteiger partial charge in [-0.15, -0.1) is 0 Å². The van der Waals surface area contributed by atoms with E-state index in [9.17, 15) is 4.79 Å². The monoisotopic (exact) mass is 385 g/mol. The maximum absolute atomic E-state index is 12.8. The number of hydrogen-bond acceptors (Lipinski definition) is 4. The summed E-state index contributed by atoms with van der Waals surface area (Å²) in [5, 5.41) is 0.719. The van der Waals surface area contributed by atoms with Crippen LogP contribution in [-0.4, -0.2) is 48.6 Å². The number of benzene rings is 1. The first-order valence-electron chi connectivity index (χ1n) is 9.58. The van der Waals surface area contributed by atoms with Crippen LogP contribution in [0.5, 0.6) is 0 Å². The molecule has 142 valence electrons. The van der Waals surface area contributed by atoms with Gasteiger partial charge in [0.15, 0.2) is 0 Å². The van der Waals surface area contributed by atoms with Gasteiger partial charge in [-0.3, -0.25) is 4.79 Å². The molecule has 2 fully saturated rings. The lowest BCUT2D eigenvalue weighted by atomic mass is 10.1. The van der Waals surface area contributed by atoms with Gasteiger partial charge in [-0.25, -0.2) is 4.98 Å². The fourth-order valence-electron chi connectivity index (χ4n) is 3.74. The highest BCUT2D eigenvalue weighted by molar-refractivity contribution is 6.30. The van der Waals surface area contributed by atoms with Crippen molar-refractivity contribution < 1.29 is 9.53 Å². The van der Waals surface area contributed by atoms with E-state index >= 15 is 0 Å². The van der Waals surface area contributed by atoms with Crippen molar-refractivity contribution >= 4 is 23.3 Å². The Morgan fingerprint density at radius 3 is 2.63 bits per heavy atom. The summed E-state index contributed by atoms with van der Waals surface area (Å²) in [5.41, 5.74) is 1.82. The van der Waals surface area contributed by atoms with Crippen LogP contribution >= 0.6 is 11.6 Å². The summed E-state index contributed by atoms with van der Waals surface area (Å²) in [6, 6.07) is 11.5. The number of pyridine rings is 1. The molecule has 0 bridgehead atoms. The number of amides is 1. The average Bonchev–Trinajstić information content (AvgIpc) is 2.74. The Hall–Kier alpha value is -2.11. The molecular weight excluding hydrogens is 362 g/mol. The third kappa shape index (κ3) is 4.25. The maximum atomic E-state index is 12.8. The van der Waals surface area contributed by atoms with Crippen molar-refractivity contribution in [2.24, 2.45) is 0 Å². The minimum Gasteiger partial charge on any atom is -0.370 e. The zero-order valence-electron chi connectivity index (χ0n) is 15.3. The molecule has 5 nitrogen and oxygen atoms in total. The second kappa shape index (κ2) is 8.28. The van der Waals surface area contributed by atoms with Gasteiger partial charge in [0.05, 0.1) is 6.61 Å². The van der Waals surface area contributed by atoms with Crippen LogP contribution in [0.15, 0.2) is 42.6 Å². The van der Waals surface area contributed by atoms with Gasteiger partial charge in [0.2, 0.25) is 0 Å². The largest absolute Gasteiger partial charge is 0.370 e. The van der Waals surface area contributed by atoms with Crippen LogP contribution < -0.4 is 4.90 Å². The molecule has 0 saturated carbocycles. The Morgan fingerprint density at radius 1 is 1.07 bits per heavy atom. The molecule has 1 atom stereocenters. The topological polar surface area (TPSA) is 45.7 Å². The predicted molar refractivity (Wildman–Crippen MR) is 106 cm³/mol. The molecule has 3 heterocycles. The minimum absolute atomic E-state index is 0.0285. The second-order valence-corrected chi connectivity index (χ2v) is 7.55. The summed E-state index contributed by atoms with van der Waals surface area (Å²) in [7, 11) is 0. The summed E-state index contributed by atoms with van der Waals surface area (Å²) in [6.45, 7) is 3.80.